The molecule has 11 nitrogen and oxygen atoms in total. The van der Waals surface area contributed by atoms with Crippen molar-refractivity contribution in [2.75, 3.05) is 13.1 Å². The number of carbonyl (C=O) groups is 5. The molecule has 0 radical (unpaired) electrons. The molecule has 5 amide bonds. The zero-order valence-corrected chi connectivity index (χ0v) is 28.5. The molecule has 0 aromatic heterocycles. The lowest BCUT2D eigenvalue weighted by molar-refractivity contribution is -0.139. The van der Waals surface area contributed by atoms with E-state index in [1.807, 2.05) is 45.0 Å². The van der Waals surface area contributed by atoms with Crippen LogP contribution in [0.5, 0.6) is 0 Å². The maximum absolute atomic E-state index is 13.5. The van der Waals surface area contributed by atoms with Gasteiger partial charge in [-0.3, -0.25) is 24.0 Å². The quantitative estimate of drug-likeness (QED) is 0.209. The van der Waals surface area contributed by atoms with Crippen molar-refractivity contribution in [1.82, 2.24) is 26.2 Å². The number of carbonyl (C=O) groups excluding carboxylic acids is 5. The maximum atomic E-state index is 13.5. The zero-order chi connectivity index (χ0) is 32.5. The Kier molecular flexibility index (Phi) is 13.4. The van der Waals surface area contributed by atoms with E-state index < -0.39 is 47.4 Å². The van der Waals surface area contributed by atoms with Crippen LogP contribution in [0.4, 0.5) is 0 Å². The first kappa shape index (κ1) is 36.5. The fraction of sp³-hybridized carbons (Fsp3) is 0.645. The van der Waals surface area contributed by atoms with Gasteiger partial charge in [0, 0.05) is 29.6 Å². The first-order valence-corrected chi connectivity index (χ1v) is 15.8. The molecule has 1 aliphatic heterocycles. The molecule has 4 atom stereocenters. The molecule has 0 spiro atoms. The number of amides is 5. The van der Waals surface area contributed by atoms with Crippen LogP contribution in [0.1, 0.15) is 79.7 Å². The highest BCUT2D eigenvalue weighted by Crippen LogP contribution is 2.23. The molecule has 5 N–H and O–H groups in total. The highest BCUT2D eigenvalue weighted by molar-refractivity contribution is 14.1. The highest BCUT2D eigenvalue weighted by atomic mass is 127. The van der Waals surface area contributed by atoms with Crippen molar-refractivity contribution < 1.29 is 29.1 Å². The Morgan fingerprint density at radius 2 is 1.47 bits per heavy atom. The van der Waals surface area contributed by atoms with Crippen LogP contribution >= 0.6 is 22.6 Å². The number of rotatable bonds is 12. The van der Waals surface area contributed by atoms with Crippen molar-refractivity contribution in [2.45, 2.75) is 105 Å². The molecule has 1 fully saturated rings. The van der Waals surface area contributed by atoms with Crippen LogP contribution in [0.3, 0.4) is 0 Å². The SMILES string of the molecule is C[C@H](NC(=O)[C@H](CC(=O)N1CCCC1)NC(=O)[C@@H](NC(=O)CC(C)(C)C)C(C)(C)C)[C@H](O)C(=O)NCc1ccc(I)cc1. The average molecular weight is 714 g/mol. The van der Waals surface area contributed by atoms with Gasteiger partial charge >= 0.3 is 0 Å². The normalized spacial score (nSPS) is 16.4. The lowest BCUT2D eigenvalue weighted by Crippen LogP contribution is -2.60. The van der Waals surface area contributed by atoms with E-state index in [9.17, 15) is 29.1 Å². The molecule has 0 bridgehead atoms. The Bertz CT molecular complexity index is 1140. The fourth-order valence-corrected chi connectivity index (χ4v) is 4.99. The molecule has 2 rings (SSSR count). The molecule has 0 aliphatic carbocycles. The van der Waals surface area contributed by atoms with Crippen molar-refractivity contribution in [1.29, 1.82) is 0 Å². The van der Waals surface area contributed by atoms with E-state index in [4.69, 9.17) is 0 Å². The van der Waals surface area contributed by atoms with Gasteiger partial charge in [0.05, 0.1) is 12.5 Å². The summed E-state index contributed by atoms with van der Waals surface area (Å²) in [6.07, 6.45) is 0.0535. The molecule has 1 aromatic carbocycles. The first-order valence-electron chi connectivity index (χ1n) is 14.8. The van der Waals surface area contributed by atoms with E-state index in [1.165, 1.54) is 6.92 Å². The number of benzene rings is 1. The molecular weight excluding hydrogens is 665 g/mol. The van der Waals surface area contributed by atoms with Crippen LogP contribution in [0.15, 0.2) is 24.3 Å². The van der Waals surface area contributed by atoms with Gasteiger partial charge in [0.15, 0.2) is 6.10 Å². The summed E-state index contributed by atoms with van der Waals surface area (Å²) >= 11 is 2.18. The third-order valence-corrected chi connectivity index (χ3v) is 7.81. The van der Waals surface area contributed by atoms with Crippen LogP contribution in [0.25, 0.3) is 0 Å². The number of aliphatic hydroxyl groups excluding tert-OH is 1. The molecule has 1 aliphatic rings. The lowest BCUT2D eigenvalue weighted by Gasteiger charge is -2.33. The van der Waals surface area contributed by atoms with E-state index >= 15 is 0 Å². The maximum Gasteiger partial charge on any atom is 0.251 e. The van der Waals surface area contributed by atoms with E-state index in [0.29, 0.717) is 13.1 Å². The van der Waals surface area contributed by atoms with Gasteiger partial charge in [0.25, 0.3) is 5.91 Å². The smallest absolute Gasteiger partial charge is 0.251 e. The van der Waals surface area contributed by atoms with E-state index in [0.717, 1.165) is 22.0 Å². The van der Waals surface area contributed by atoms with Crippen LogP contribution in [-0.2, 0) is 30.5 Å². The first-order chi connectivity index (χ1) is 19.9. The van der Waals surface area contributed by atoms with Crippen LogP contribution in [0.2, 0.25) is 0 Å². The second-order valence-electron chi connectivity index (χ2n) is 13.5. The monoisotopic (exact) mass is 713 g/mol. The Balaban J connectivity index is 2.14. The molecular formula is C31H48IN5O6. The topological polar surface area (TPSA) is 157 Å². The third kappa shape index (κ3) is 12.4. The largest absolute Gasteiger partial charge is 0.381 e. The molecule has 43 heavy (non-hydrogen) atoms. The fourth-order valence-electron chi connectivity index (χ4n) is 4.63. The Hall–Kier alpha value is -2.74. The van der Waals surface area contributed by atoms with E-state index in [1.54, 1.807) is 25.7 Å². The van der Waals surface area contributed by atoms with Crippen molar-refractivity contribution in [3.8, 4) is 0 Å². The van der Waals surface area contributed by atoms with Crippen LogP contribution in [-0.4, -0.2) is 76.9 Å². The summed E-state index contributed by atoms with van der Waals surface area (Å²) < 4.78 is 1.05. The summed E-state index contributed by atoms with van der Waals surface area (Å²) in [5.41, 5.74) is -0.142. The summed E-state index contributed by atoms with van der Waals surface area (Å²) in [5, 5.41) is 21.3. The highest BCUT2D eigenvalue weighted by Gasteiger charge is 2.37. The number of aliphatic hydroxyl groups is 1. The van der Waals surface area contributed by atoms with Gasteiger partial charge in [-0.1, -0.05) is 53.7 Å². The summed E-state index contributed by atoms with van der Waals surface area (Å²) in [6.45, 7) is 14.0. The van der Waals surface area contributed by atoms with Crippen molar-refractivity contribution in [2.24, 2.45) is 10.8 Å². The van der Waals surface area contributed by atoms with Crippen LogP contribution in [0, 0.1) is 14.4 Å². The van der Waals surface area contributed by atoms with Gasteiger partial charge in [0.1, 0.15) is 12.1 Å². The second kappa shape index (κ2) is 15.8. The summed E-state index contributed by atoms with van der Waals surface area (Å²) in [7, 11) is 0. The minimum atomic E-state index is -1.57. The van der Waals surface area contributed by atoms with Gasteiger partial charge in [-0.05, 0) is 70.9 Å². The van der Waals surface area contributed by atoms with Gasteiger partial charge in [-0.2, -0.15) is 0 Å². The van der Waals surface area contributed by atoms with Gasteiger partial charge < -0.3 is 31.3 Å². The zero-order valence-electron chi connectivity index (χ0n) is 26.4. The number of hydrogen-bond donors (Lipinski definition) is 5. The molecule has 240 valence electrons. The summed E-state index contributed by atoms with van der Waals surface area (Å²) in [4.78, 5) is 67.0. The van der Waals surface area contributed by atoms with Crippen LogP contribution < -0.4 is 21.3 Å². The molecule has 1 saturated heterocycles. The summed E-state index contributed by atoms with van der Waals surface area (Å²) in [5.74, 6) is -2.58. The minimum absolute atomic E-state index is 0.200. The predicted molar refractivity (Wildman–Crippen MR) is 172 cm³/mol. The second-order valence-corrected chi connectivity index (χ2v) is 14.8. The van der Waals surface area contributed by atoms with Crippen molar-refractivity contribution in [3.05, 3.63) is 33.4 Å². The Morgan fingerprint density at radius 1 is 0.884 bits per heavy atom. The molecule has 12 heteroatoms. The Labute approximate surface area is 268 Å². The molecule has 1 aromatic rings. The van der Waals surface area contributed by atoms with Gasteiger partial charge in [-0.25, -0.2) is 0 Å². The van der Waals surface area contributed by atoms with Crippen molar-refractivity contribution >= 4 is 52.1 Å². The number of halogens is 1. The number of likely N-dealkylation sites (tertiary alicyclic amines) is 1. The van der Waals surface area contributed by atoms with E-state index in [-0.39, 0.29) is 36.6 Å². The number of nitrogens with one attached hydrogen (secondary N) is 4. The Morgan fingerprint density at radius 3 is 2.00 bits per heavy atom. The predicted octanol–water partition coefficient (Wildman–Crippen LogP) is 2.24. The number of nitrogens with zero attached hydrogens (tertiary/aromatic N) is 1. The minimum Gasteiger partial charge on any atom is -0.381 e. The third-order valence-electron chi connectivity index (χ3n) is 7.09. The van der Waals surface area contributed by atoms with E-state index in [2.05, 4.69) is 43.9 Å². The summed E-state index contributed by atoms with van der Waals surface area (Å²) in [6, 6.07) is 4.25. The molecule has 0 unspecified atom stereocenters. The lowest BCUT2D eigenvalue weighted by atomic mass is 9.85. The van der Waals surface area contributed by atoms with Crippen molar-refractivity contribution in [3.63, 3.8) is 0 Å². The standard InChI is InChI=1S/C31H48IN5O6/c1-19(25(40)28(42)33-18-20-10-12-21(32)13-11-20)34-27(41)22(16-24(39)37-14-8-9-15-37)35-29(43)26(31(5,6)7)36-23(38)17-30(2,3)4/h10-13,19,22,25-26,40H,8-9,14-18H2,1-7H3,(H,33,42)(H,34,41)(H,35,43)(H,36,38)/t19-,22-,25-,26+/m0/s1. The van der Waals surface area contributed by atoms with Gasteiger partial charge in [-0.15, -0.1) is 0 Å². The average Bonchev–Trinajstić information content (AvgIpc) is 3.44. The molecule has 1 heterocycles. The number of hydrogen-bond acceptors (Lipinski definition) is 6. The molecule has 0 saturated carbocycles. The van der Waals surface area contributed by atoms with Gasteiger partial charge in [0.2, 0.25) is 23.6 Å².